The molecule has 0 bridgehead atoms. The van der Waals surface area contributed by atoms with Crippen molar-refractivity contribution in [1.82, 2.24) is 4.72 Å². The van der Waals surface area contributed by atoms with E-state index in [0.29, 0.717) is 22.9 Å². The Hall–Kier alpha value is -3.07. The van der Waals surface area contributed by atoms with Gasteiger partial charge in [0.25, 0.3) is 0 Å². The van der Waals surface area contributed by atoms with Crippen molar-refractivity contribution in [2.75, 3.05) is 12.4 Å². The minimum absolute atomic E-state index is 0.0162. The molecular weight excluding hydrogens is 440 g/mol. The third kappa shape index (κ3) is 5.97. The van der Waals surface area contributed by atoms with Crippen LogP contribution in [0.1, 0.15) is 6.92 Å². The molecule has 0 saturated carbocycles. The van der Waals surface area contributed by atoms with Crippen molar-refractivity contribution in [3.8, 4) is 17.2 Å². The lowest BCUT2D eigenvalue weighted by molar-refractivity contribution is -0.117. The van der Waals surface area contributed by atoms with Crippen molar-refractivity contribution in [2.24, 2.45) is 0 Å². The van der Waals surface area contributed by atoms with Gasteiger partial charge in [-0.3, -0.25) is 4.79 Å². The summed E-state index contributed by atoms with van der Waals surface area (Å²) in [4.78, 5) is 12.4. The average molecular weight is 461 g/mol. The molecule has 3 rings (SSSR count). The minimum Gasteiger partial charge on any atom is -0.493 e. The number of sulfonamides is 1. The lowest BCUT2D eigenvalue weighted by Crippen LogP contribution is -2.41. The highest BCUT2D eigenvalue weighted by atomic mass is 35.5. The van der Waals surface area contributed by atoms with E-state index in [1.807, 2.05) is 12.1 Å². The number of carbonyl (C=O) groups is 1. The number of methoxy groups -OCH3 is 1. The van der Waals surface area contributed by atoms with Crippen molar-refractivity contribution in [1.29, 1.82) is 0 Å². The van der Waals surface area contributed by atoms with Crippen molar-refractivity contribution < 1.29 is 22.7 Å². The average Bonchev–Trinajstić information content (AvgIpc) is 2.75. The zero-order chi connectivity index (χ0) is 22.4. The molecule has 1 amide bonds. The van der Waals surface area contributed by atoms with Crippen LogP contribution in [-0.4, -0.2) is 27.5 Å². The first kappa shape index (κ1) is 22.6. The number of carbonyl (C=O) groups excluding carboxylic acids is 1. The largest absolute Gasteiger partial charge is 0.493 e. The summed E-state index contributed by atoms with van der Waals surface area (Å²) in [5.74, 6) is 1.20. The molecule has 0 aliphatic rings. The molecule has 0 heterocycles. The smallest absolute Gasteiger partial charge is 0.242 e. The number of rotatable bonds is 8. The molecule has 0 spiro atoms. The maximum absolute atomic E-state index is 12.4. The van der Waals surface area contributed by atoms with Gasteiger partial charge in [0.15, 0.2) is 11.5 Å². The first-order valence-corrected chi connectivity index (χ1v) is 11.1. The summed E-state index contributed by atoms with van der Waals surface area (Å²) in [6.45, 7) is 1.45. The van der Waals surface area contributed by atoms with E-state index in [2.05, 4.69) is 10.0 Å². The maximum Gasteiger partial charge on any atom is 0.242 e. The second-order valence-corrected chi connectivity index (χ2v) is 8.72. The van der Waals surface area contributed by atoms with Gasteiger partial charge in [-0.25, -0.2) is 8.42 Å². The van der Waals surface area contributed by atoms with E-state index in [-0.39, 0.29) is 9.92 Å². The molecule has 31 heavy (non-hydrogen) atoms. The fourth-order valence-electron chi connectivity index (χ4n) is 2.68. The Bertz CT molecular complexity index is 1170. The summed E-state index contributed by atoms with van der Waals surface area (Å²) >= 11 is 5.85. The van der Waals surface area contributed by atoms with Gasteiger partial charge < -0.3 is 14.8 Å². The Morgan fingerprint density at radius 2 is 1.65 bits per heavy atom. The highest BCUT2D eigenvalue weighted by molar-refractivity contribution is 7.89. The molecule has 0 aromatic heterocycles. The van der Waals surface area contributed by atoms with E-state index in [4.69, 9.17) is 21.1 Å². The summed E-state index contributed by atoms with van der Waals surface area (Å²) in [6.07, 6.45) is 0. The van der Waals surface area contributed by atoms with Gasteiger partial charge in [-0.05, 0) is 61.5 Å². The number of amides is 1. The number of anilines is 1. The molecule has 0 fully saturated rings. The fraction of sp³-hybridized carbons (Fsp3) is 0.136. The lowest BCUT2D eigenvalue weighted by Gasteiger charge is -2.15. The second-order valence-electron chi connectivity index (χ2n) is 6.57. The minimum atomic E-state index is -3.89. The highest BCUT2D eigenvalue weighted by Crippen LogP contribution is 2.31. The molecule has 0 unspecified atom stereocenters. The zero-order valence-corrected chi connectivity index (χ0v) is 18.4. The summed E-state index contributed by atoms with van der Waals surface area (Å²) in [5.41, 5.74) is 0.492. The van der Waals surface area contributed by atoms with E-state index in [0.717, 1.165) is 0 Å². The van der Waals surface area contributed by atoms with E-state index >= 15 is 0 Å². The Balaban J connectivity index is 1.62. The number of ether oxygens (including phenoxy) is 2. The van der Waals surface area contributed by atoms with Gasteiger partial charge in [-0.2, -0.15) is 4.72 Å². The van der Waals surface area contributed by atoms with Crippen LogP contribution < -0.4 is 19.5 Å². The van der Waals surface area contributed by atoms with Gasteiger partial charge in [0.1, 0.15) is 5.75 Å². The van der Waals surface area contributed by atoms with Crippen molar-refractivity contribution in [3.05, 3.63) is 77.8 Å². The number of hydrogen-bond acceptors (Lipinski definition) is 5. The molecule has 1 atom stereocenters. The quantitative estimate of drug-likeness (QED) is 0.518. The summed E-state index contributed by atoms with van der Waals surface area (Å²) in [7, 11) is -2.34. The molecule has 0 radical (unpaired) electrons. The Morgan fingerprint density at radius 1 is 0.968 bits per heavy atom. The van der Waals surface area contributed by atoms with Crippen molar-refractivity contribution in [3.63, 3.8) is 0 Å². The van der Waals surface area contributed by atoms with Crippen LogP contribution in [-0.2, 0) is 14.8 Å². The molecule has 3 aromatic rings. The van der Waals surface area contributed by atoms with E-state index in [9.17, 15) is 13.2 Å². The number of nitrogens with one attached hydrogen (secondary N) is 2. The monoisotopic (exact) mass is 460 g/mol. The molecule has 0 aliphatic heterocycles. The first-order valence-electron chi connectivity index (χ1n) is 9.28. The Morgan fingerprint density at radius 3 is 2.29 bits per heavy atom. The molecule has 2 N–H and O–H groups in total. The highest BCUT2D eigenvalue weighted by Gasteiger charge is 2.22. The second kappa shape index (κ2) is 9.82. The number of benzene rings is 3. The molecule has 162 valence electrons. The van der Waals surface area contributed by atoms with Gasteiger partial charge in [-0.1, -0.05) is 29.8 Å². The van der Waals surface area contributed by atoms with Crippen LogP contribution in [0.25, 0.3) is 0 Å². The van der Waals surface area contributed by atoms with Gasteiger partial charge in [-0.15, -0.1) is 0 Å². The Kier molecular flexibility index (Phi) is 7.17. The zero-order valence-electron chi connectivity index (χ0n) is 16.8. The van der Waals surface area contributed by atoms with E-state index < -0.39 is 22.0 Å². The molecule has 0 aliphatic carbocycles. The normalized spacial score (nSPS) is 12.1. The first-order chi connectivity index (χ1) is 14.8. The van der Waals surface area contributed by atoms with Gasteiger partial charge in [0.2, 0.25) is 15.9 Å². The number of halogens is 1. The fourth-order valence-corrected chi connectivity index (χ4v) is 4.18. The van der Waals surface area contributed by atoms with Crippen LogP contribution in [0.5, 0.6) is 17.2 Å². The van der Waals surface area contributed by atoms with Crippen LogP contribution in [0.4, 0.5) is 5.69 Å². The summed E-state index contributed by atoms with van der Waals surface area (Å²) in [6, 6.07) is 18.7. The van der Waals surface area contributed by atoms with Gasteiger partial charge in [0, 0.05) is 10.7 Å². The van der Waals surface area contributed by atoms with Gasteiger partial charge in [0.05, 0.1) is 18.0 Å². The summed E-state index contributed by atoms with van der Waals surface area (Å²) in [5, 5.41) is 2.96. The van der Waals surface area contributed by atoms with E-state index in [1.165, 1.54) is 25.1 Å². The van der Waals surface area contributed by atoms with Crippen LogP contribution in [0, 0.1) is 0 Å². The molecular formula is C22H21ClN2O5S. The predicted octanol–water partition coefficient (Wildman–Crippen LogP) is 4.45. The van der Waals surface area contributed by atoms with Crippen LogP contribution >= 0.6 is 11.6 Å². The molecule has 9 heteroatoms. The third-order valence-corrected chi connectivity index (χ3v) is 6.02. The van der Waals surface area contributed by atoms with Gasteiger partial charge >= 0.3 is 0 Å². The van der Waals surface area contributed by atoms with Crippen LogP contribution in [0.3, 0.4) is 0 Å². The molecule has 0 saturated heterocycles. The predicted molar refractivity (Wildman–Crippen MR) is 119 cm³/mol. The summed E-state index contributed by atoms with van der Waals surface area (Å²) < 4.78 is 38.3. The Labute approximate surface area is 186 Å². The number of hydrogen-bond donors (Lipinski definition) is 2. The molecule has 7 nitrogen and oxygen atoms in total. The van der Waals surface area contributed by atoms with E-state index in [1.54, 1.807) is 49.6 Å². The van der Waals surface area contributed by atoms with Crippen molar-refractivity contribution in [2.45, 2.75) is 17.9 Å². The van der Waals surface area contributed by atoms with Crippen LogP contribution in [0.2, 0.25) is 5.02 Å². The number of para-hydroxylation sites is 2. The molecule has 3 aromatic carbocycles. The maximum atomic E-state index is 12.4. The van der Waals surface area contributed by atoms with Crippen LogP contribution in [0.15, 0.2) is 77.7 Å². The lowest BCUT2D eigenvalue weighted by atomic mass is 10.2. The third-order valence-electron chi connectivity index (χ3n) is 4.25. The van der Waals surface area contributed by atoms with Crippen molar-refractivity contribution >= 4 is 33.2 Å². The SMILES string of the molecule is COc1ccccc1Oc1ccc(NC(=O)[C@H](C)NS(=O)(=O)c2cccc(Cl)c2)cc1. The topological polar surface area (TPSA) is 93.7 Å². The standard InChI is InChI=1S/C22H21ClN2O5S/c1-15(25-31(27,28)19-7-5-6-16(23)14-19)22(26)24-17-10-12-18(13-11-17)30-21-9-4-3-8-20(21)29-2/h3-15,25H,1-2H3,(H,24,26)/t15-/m0/s1.